The van der Waals surface area contributed by atoms with Gasteiger partial charge in [-0.05, 0) is 26.8 Å². The summed E-state index contributed by atoms with van der Waals surface area (Å²) < 4.78 is 10.9. The quantitative estimate of drug-likeness (QED) is 0.599. The van der Waals surface area contributed by atoms with E-state index in [1.54, 1.807) is 33.8 Å². The second-order valence-corrected chi connectivity index (χ2v) is 7.17. The van der Waals surface area contributed by atoms with Gasteiger partial charge in [0, 0.05) is 29.9 Å². The lowest BCUT2D eigenvalue weighted by Gasteiger charge is -2.33. The first-order chi connectivity index (χ1) is 12.1. The highest BCUT2D eigenvalue weighted by atomic mass is 16.6. The van der Waals surface area contributed by atoms with E-state index in [-0.39, 0.29) is 17.8 Å². The number of rotatable bonds is 2. The molecule has 0 amide bonds. The van der Waals surface area contributed by atoms with Crippen LogP contribution in [0.5, 0.6) is 0 Å². The van der Waals surface area contributed by atoms with Crippen molar-refractivity contribution in [1.29, 1.82) is 0 Å². The van der Waals surface area contributed by atoms with Crippen LogP contribution >= 0.6 is 0 Å². The molecule has 1 aliphatic heterocycles. The lowest BCUT2D eigenvalue weighted by atomic mass is 9.80. The van der Waals surface area contributed by atoms with E-state index >= 15 is 0 Å². The number of carbonyl (C=O) groups excluding carboxylic acids is 3. The highest BCUT2D eigenvalue weighted by molar-refractivity contribution is 5.92. The molecular weight excluding hydrogens is 336 g/mol. The monoisotopic (exact) mass is 362 g/mol. The van der Waals surface area contributed by atoms with Crippen molar-refractivity contribution < 1.29 is 29.0 Å². The van der Waals surface area contributed by atoms with Crippen LogP contribution in [-0.4, -0.2) is 41.1 Å². The van der Waals surface area contributed by atoms with Gasteiger partial charge in [-0.2, -0.15) is 0 Å². The van der Waals surface area contributed by atoms with E-state index < -0.39 is 42.1 Å². The van der Waals surface area contributed by atoms with Crippen molar-refractivity contribution in [2.24, 2.45) is 11.8 Å². The molecule has 142 valence electrons. The zero-order chi connectivity index (χ0) is 19.6. The molecule has 2 aliphatic rings. The molecule has 1 heterocycles. The summed E-state index contributed by atoms with van der Waals surface area (Å²) in [6, 6.07) is 0. The minimum Gasteiger partial charge on any atom is -0.458 e. The number of hydrogen-bond donors (Lipinski definition) is 1. The Kier molecular flexibility index (Phi) is 6.18. The van der Waals surface area contributed by atoms with Gasteiger partial charge in [0.05, 0.1) is 5.92 Å². The highest BCUT2D eigenvalue weighted by Gasteiger charge is 2.48. The minimum absolute atomic E-state index is 0.118. The Morgan fingerprint density at radius 3 is 2.65 bits per heavy atom. The summed E-state index contributed by atoms with van der Waals surface area (Å²) >= 11 is 0. The maximum absolute atomic E-state index is 12.2. The summed E-state index contributed by atoms with van der Waals surface area (Å²) in [5.74, 6) is -2.37. The summed E-state index contributed by atoms with van der Waals surface area (Å²) in [4.78, 5) is 36.5. The Balaban J connectivity index is 2.42. The Bertz CT molecular complexity index is 686. The lowest BCUT2D eigenvalue weighted by Crippen LogP contribution is -2.45. The van der Waals surface area contributed by atoms with Gasteiger partial charge in [0.15, 0.2) is 5.78 Å². The predicted molar refractivity (Wildman–Crippen MR) is 95.0 cm³/mol. The third kappa shape index (κ3) is 4.12. The van der Waals surface area contributed by atoms with Crippen molar-refractivity contribution in [2.75, 3.05) is 0 Å². The molecule has 0 aromatic carbocycles. The number of hydrogen-bond acceptors (Lipinski definition) is 6. The van der Waals surface area contributed by atoms with Gasteiger partial charge in [-0.1, -0.05) is 25.2 Å². The number of carbonyl (C=O) groups is 3. The topological polar surface area (TPSA) is 89.9 Å². The number of fused-ring (bicyclic) bond motifs is 1. The molecule has 1 aliphatic carbocycles. The zero-order valence-electron chi connectivity index (χ0n) is 15.7. The van der Waals surface area contributed by atoms with Crippen LogP contribution in [0.3, 0.4) is 0 Å². The van der Waals surface area contributed by atoms with E-state index in [1.165, 1.54) is 6.08 Å². The van der Waals surface area contributed by atoms with Crippen molar-refractivity contribution in [3.63, 3.8) is 0 Å². The van der Waals surface area contributed by atoms with Crippen LogP contribution in [0.25, 0.3) is 0 Å². The Hall–Kier alpha value is -2.21. The molecule has 0 radical (unpaired) electrons. The molecule has 6 heteroatoms. The molecule has 26 heavy (non-hydrogen) atoms. The molecule has 0 unspecified atom stereocenters. The molecule has 0 aromatic heterocycles. The van der Waals surface area contributed by atoms with Crippen molar-refractivity contribution in [3.05, 3.63) is 35.5 Å². The van der Waals surface area contributed by atoms with Crippen LogP contribution in [0, 0.1) is 11.8 Å². The maximum atomic E-state index is 12.2. The number of aliphatic hydroxyl groups excluding tert-OH is 1. The Morgan fingerprint density at radius 1 is 1.38 bits per heavy atom. The summed E-state index contributed by atoms with van der Waals surface area (Å²) in [6.45, 7) is 10.6. The number of ether oxygens (including phenoxy) is 2. The van der Waals surface area contributed by atoms with Crippen LogP contribution in [0.2, 0.25) is 0 Å². The first-order valence-electron chi connectivity index (χ1n) is 8.77. The average molecular weight is 362 g/mol. The summed E-state index contributed by atoms with van der Waals surface area (Å²) in [6.07, 6.45) is 0.800. The van der Waals surface area contributed by atoms with E-state index in [9.17, 15) is 19.5 Å². The molecule has 2 rings (SSSR count). The fourth-order valence-electron chi connectivity index (χ4n) is 3.45. The summed E-state index contributed by atoms with van der Waals surface area (Å²) in [5, 5.41) is 11.0. The van der Waals surface area contributed by atoms with Gasteiger partial charge in [-0.3, -0.25) is 4.79 Å². The molecule has 0 saturated carbocycles. The second-order valence-electron chi connectivity index (χ2n) is 7.17. The lowest BCUT2D eigenvalue weighted by molar-refractivity contribution is -0.159. The van der Waals surface area contributed by atoms with Crippen molar-refractivity contribution in [1.82, 2.24) is 0 Å². The fourth-order valence-corrected chi connectivity index (χ4v) is 3.45. The van der Waals surface area contributed by atoms with E-state index in [0.29, 0.717) is 12.0 Å². The molecule has 0 spiro atoms. The molecule has 6 nitrogen and oxygen atoms in total. The molecule has 1 N–H and O–H groups in total. The van der Waals surface area contributed by atoms with E-state index in [4.69, 9.17) is 9.47 Å². The van der Waals surface area contributed by atoms with Crippen LogP contribution in [-0.2, 0) is 23.9 Å². The van der Waals surface area contributed by atoms with E-state index in [0.717, 1.165) is 5.57 Å². The van der Waals surface area contributed by atoms with Gasteiger partial charge in [-0.25, -0.2) is 9.59 Å². The molecule has 1 saturated heterocycles. The van der Waals surface area contributed by atoms with Crippen LogP contribution in [0.15, 0.2) is 35.5 Å². The summed E-state index contributed by atoms with van der Waals surface area (Å²) in [5.41, 5.74) is 1.34. The van der Waals surface area contributed by atoms with Crippen molar-refractivity contribution >= 4 is 17.7 Å². The Labute approximate surface area is 153 Å². The van der Waals surface area contributed by atoms with Gasteiger partial charge in [0.25, 0.3) is 0 Å². The van der Waals surface area contributed by atoms with Crippen molar-refractivity contribution in [3.8, 4) is 0 Å². The largest absolute Gasteiger partial charge is 0.458 e. The van der Waals surface area contributed by atoms with Crippen molar-refractivity contribution in [2.45, 2.75) is 58.8 Å². The highest BCUT2D eigenvalue weighted by Crippen LogP contribution is 2.37. The molecule has 0 bridgehead atoms. The number of esters is 2. The normalized spacial score (nSPS) is 35.3. The second kappa shape index (κ2) is 7.99. The van der Waals surface area contributed by atoms with Gasteiger partial charge >= 0.3 is 11.9 Å². The standard InChI is InChI=1S/C20H26O6/c1-6-11(3)19(23)26-18-12(4)9-14(21)7-10(2)8-15-16(17(18)22)13(5)20(24)25-15/h6-7,12,15-18,22H,5,8-9H2,1-4H3/b10-7+,11-6-/t12-,15-,16+,17+,18+/m0/s1. The average Bonchev–Trinajstić information content (AvgIpc) is 2.83. The first kappa shape index (κ1) is 20.1. The molecule has 5 atom stereocenters. The molecule has 1 fully saturated rings. The van der Waals surface area contributed by atoms with Crippen LogP contribution in [0.4, 0.5) is 0 Å². The molecular formula is C20H26O6. The smallest absolute Gasteiger partial charge is 0.334 e. The first-order valence-corrected chi connectivity index (χ1v) is 8.77. The SMILES string of the molecule is C=C1C(=O)O[C@H]2C/C(C)=C/C(=O)C[C@H](C)[C@@H](OC(=O)/C(C)=C\C)[C@H](O)[C@H]12. The number of aliphatic hydroxyl groups is 1. The predicted octanol–water partition coefficient (Wildman–Crippen LogP) is 2.27. The summed E-state index contributed by atoms with van der Waals surface area (Å²) in [7, 11) is 0. The molecule has 0 aromatic rings. The minimum atomic E-state index is -1.19. The van der Waals surface area contributed by atoms with Gasteiger partial charge in [0.2, 0.25) is 0 Å². The third-order valence-corrected chi connectivity index (χ3v) is 5.04. The fraction of sp³-hybridized carbons (Fsp3) is 0.550. The van der Waals surface area contributed by atoms with E-state index in [1.807, 2.05) is 0 Å². The van der Waals surface area contributed by atoms with Gasteiger partial charge in [0.1, 0.15) is 18.3 Å². The van der Waals surface area contributed by atoms with Crippen LogP contribution < -0.4 is 0 Å². The third-order valence-electron chi connectivity index (χ3n) is 5.04. The Morgan fingerprint density at radius 2 is 2.04 bits per heavy atom. The number of allylic oxidation sites excluding steroid dienone is 2. The van der Waals surface area contributed by atoms with Gasteiger partial charge < -0.3 is 14.6 Å². The maximum Gasteiger partial charge on any atom is 0.334 e. The van der Waals surface area contributed by atoms with Crippen LogP contribution in [0.1, 0.15) is 40.5 Å². The number of ketones is 1. The van der Waals surface area contributed by atoms with Gasteiger partial charge in [-0.15, -0.1) is 0 Å². The zero-order valence-corrected chi connectivity index (χ0v) is 15.7. The van der Waals surface area contributed by atoms with E-state index in [2.05, 4.69) is 6.58 Å².